The number of hydrogen-bond acceptors (Lipinski definition) is 2. The van der Waals surface area contributed by atoms with Gasteiger partial charge in [0.25, 0.3) is 0 Å². The molecule has 1 aliphatic rings. The van der Waals surface area contributed by atoms with Crippen LogP contribution in [0.3, 0.4) is 0 Å². The minimum absolute atomic E-state index is 0.148. The molecule has 0 heterocycles. The normalized spacial score (nSPS) is 20.4. The van der Waals surface area contributed by atoms with Crippen molar-refractivity contribution in [3.63, 3.8) is 0 Å². The van der Waals surface area contributed by atoms with Gasteiger partial charge < -0.3 is 0 Å². The summed E-state index contributed by atoms with van der Waals surface area (Å²) in [5.41, 5.74) is 0. The lowest BCUT2D eigenvalue weighted by molar-refractivity contribution is 0.318. The lowest BCUT2D eigenvalue weighted by atomic mass is 10.2. The van der Waals surface area contributed by atoms with E-state index in [0.29, 0.717) is 0 Å². The van der Waals surface area contributed by atoms with Gasteiger partial charge >= 0.3 is 0 Å². The Balaban J connectivity index is 2.87. The van der Waals surface area contributed by atoms with E-state index in [0.717, 1.165) is 19.3 Å². The number of nitrogens with zero attached hydrogens (tertiary/aromatic N) is 1. The molecule has 0 N–H and O–H groups in total. The second kappa shape index (κ2) is 4.19. The van der Waals surface area contributed by atoms with Gasteiger partial charge in [-0.2, -0.15) is 4.31 Å². The van der Waals surface area contributed by atoms with Crippen molar-refractivity contribution in [3.05, 3.63) is 0 Å². The molecule has 0 unspecified atom stereocenters. The summed E-state index contributed by atoms with van der Waals surface area (Å²) in [6, 6.07) is 0.437. The Bertz CT molecular complexity index is 280. The monoisotopic (exact) mass is 219 g/mol. The molecule has 0 spiro atoms. The molecule has 1 aliphatic carbocycles. The van der Waals surface area contributed by atoms with Crippen molar-refractivity contribution in [2.45, 2.75) is 64.3 Å². The van der Waals surface area contributed by atoms with Gasteiger partial charge in [0.1, 0.15) is 0 Å². The van der Waals surface area contributed by atoms with E-state index in [1.807, 2.05) is 13.8 Å². The molecule has 0 aromatic rings. The Kier molecular flexibility index (Phi) is 3.58. The fraction of sp³-hybridized carbons (Fsp3) is 1.00. The summed E-state index contributed by atoms with van der Waals surface area (Å²) in [5.74, 6) is 0. The van der Waals surface area contributed by atoms with Crippen LogP contribution >= 0.6 is 0 Å². The van der Waals surface area contributed by atoms with Gasteiger partial charge in [-0.05, 0) is 40.0 Å². The predicted octanol–water partition coefficient (Wildman–Crippen LogP) is 1.99. The summed E-state index contributed by atoms with van der Waals surface area (Å²) < 4.78 is 25.8. The standard InChI is InChI=1S/C10H21NO2S/c1-5-9(4)11(10-6-7-10)14(12,13)8(2)3/h8-10H,5-7H2,1-4H3/t9-/m0/s1. The van der Waals surface area contributed by atoms with Gasteiger partial charge in [-0.1, -0.05) is 6.92 Å². The van der Waals surface area contributed by atoms with Crippen LogP contribution in [0.1, 0.15) is 47.0 Å². The van der Waals surface area contributed by atoms with E-state index >= 15 is 0 Å². The summed E-state index contributed by atoms with van der Waals surface area (Å²) in [4.78, 5) is 0. The topological polar surface area (TPSA) is 37.4 Å². The first-order valence-corrected chi connectivity index (χ1v) is 6.94. The van der Waals surface area contributed by atoms with Crippen LogP contribution in [-0.2, 0) is 10.0 Å². The lowest BCUT2D eigenvalue weighted by Crippen LogP contribution is -2.43. The van der Waals surface area contributed by atoms with Crippen molar-refractivity contribution in [2.75, 3.05) is 0 Å². The summed E-state index contributed by atoms with van der Waals surface area (Å²) in [6.07, 6.45) is 2.97. The quantitative estimate of drug-likeness (QED) is 0.709. The van der Waals surface area contributed by atoms with Gasteiger partial charge in [-0.15, -0.1) is 0 Å². The van der Waals surface area contributed by atoms with Crippen LogP contribution in [0.5, 0.6) is 0 Å². The molecule has 0 aromatic heterocycles. The molecule has 84 valence electrons. The summed E-state index contributed by atoms with van der Waals surface area (Å²) in [5, 5.41) is -0.294. The molecule has 0 aliphatic heterocycles. The molecule has 0 radical (unpaired) electrons. The third-order valence-electron chi connectivity index (χ3n) is 2.82. The lowest BCUT2D eigenvalue weighted by Gasteiger charge is -2.29. The Morgan fingerprint density at radius 1 is 1.29 bits per heavy atom. The third kappa shape index (κ3) is 2.28. The SMILES string of the molecule is CC[C@H](C)N(C1CC1)S(=O)(=O)C(C)C. The average Bonchev–Trinajstić information content (AvgIpc) is 2.87. The van der Waals surface area contributed by atoms with E-state index in [1.165, 1.54) is 0 Å². The minimum atomic E-state index is -3.05. The highest BCUT2D eigenvalue weighted by Crippen LogP contribution is 2.33. The minimum Gasteiger partial charge on any atom is -0.212 e. The molecule has 1 rings (SSSR count). The second-order valence-corrected chi connectivity index (χ2v) is 6.81. The molecular formula is C10H21NO2S. The van der Waals surface area contributed by atoms with Crippen molar-refractivity contribution in [3.8, 4) is 0 Å². The Morgan fingerprint density at radius 3 is 2.07 bits per heavy atom. The zero-order chi connectivity index (χ0) is 10.9. The first-order valence-electron chi connectivity index (χ1n) is 5.43. The maximum atomic E-state index is 12.0. The van der Waals surface area contributed by atoms with Gasteiger partial charge in [-0.3, -0.25) is 0 Å². The summed E-state index contributed by atoms with van der Waals surface area (Å²) in [6.45, 7) is 7.55. The van der Waals surface area contributed by atoms with E-state index in [2.05, 4.69) is 0 Å². The first kappa shape index (κ1) is 12.0. The molecule has 14 heavy (non-hydrogen) atoms. The maximum Gasteiger partial charge on any atom is 0.216 e. The van der Waals surface area contributed by atoms with Crippen LogP contribution in [0.15, 0.2) is 0 Å². The molecule has 3 nitrogen and oxygen atoms in total. The van der Waals surface area contributed by atoms with E-state index in [1.54, 1.807) is 18.2 Å². The summed E-state index contributed by atoms with van der Waals surface area (Å²) in [7, 11) is -3.05. The number of sulfonamides is 1. The molecule has 1 fully saturated rings. The van der Waals surface area contributed by atoms with Crippen molar-refractivity contribution >= 4 is 10.0 Å². The van der Waals surface area contributed by atoms with E-state index < -0.39 is 10.0 Å². The number of hydrogen-bond donors (Lipinski definition) is 0. The van der Waals surface area contributed by atoms with Gasteiger partial charge in [-0.25, -0.2) is 8.42 Å². The summed E-state index contributed by atoms with van der Waals surface area (Å²) >= 11 is 0. The zero-order valence-corrected chi connectivity index (χ0v) is 10.3. The molecular weight excluding hydrogens is 198 g/mol. The van der Waals surface area contributed by atoms with Crippen LogP contribution in [0.2, 0.25) is 0 Å². The van der Waals surface area contributed by atoms with Crippen molar-refractivity contribution < 1.29 is 8.42 Å². The van der Waals surface area contributed by atoms with Crippen molar-refractivity contribution in [2.24, 2.45) is 0 Å². The van der Waals surface area contributed by atoms with Crippen molar-refractivity contribution in [1.82, 2.24) is 4.31 Å². The van der Waals surface area contributed by atoms with Crippen molar-refractivity contribution in [1.29, 1.82) is 0 Å². The third-order valence-corrected chi connectivity index (χ3v) is 5.26. The van der Waals surface area contributed by atoms with E-state index in [9.17, 15) is 8.42 Å². The molecule has 4 heteroatoms. The Labute approximate surface area is 87.5 Å². The zero-order valence-electron chi connectivity index (χ0n) is 9.53. The maximum absolute atomic E-state index is 12.0. The van der Waals surface area contributed by atoms with E-state index in [4.69, 9.17) is 0 Å². The van der Waals surface area contributed by atoms with Crippen LogP contribution in [0.25, 0.3) is 0 Å². The van der Waals surface area contributed by atoms with Crippen LogP contribution in [0.4, 0.5) is 0 Å². The van der Waals surface area contributed by atoms with Gasteiger partial charge in [0, 0.05) is 12.1 Å². The highest BCUT2D eigenvalue weighted by Gasteiger charge is 2.40. The molecule has 0 aromatic carbocycles. The smallest absolute Gasteiger partial charge is 0.212 e. The highest BCUT2D eigenvalue weighted by atomic mass is 32.2. The van der Waals surface area contributed by atoms with Crippen LogP contribution in [0, 0.1) is 0 Å². The second-order valence-electron chi connectivity index (χ2n) is 4.41. The number of rotatable bonds is 5. The Hall–Kier alpha value is -0.0900. The molecule has 1 atom stereocenters. The fourth-order valence-electron chi connectivity index (χ4n) is 1.57. The Morgan fingerprint density at radius 2 is 1.79 bits per heavy atom. The van der Waals surface area contributed by atoms with Gasteiger partial charge in [0.05, 0.1) is 5.25 Å². The molecule has 1 saturated carbocycles. The first-order chi connectivity index (χ1) is 6.41. The molecule has 0 amide bonds. The average molecular weight is 219 g/mol. The molecule has 0 saturated heterocycles. The molecule has 0 bridgehead atoms. The highest BCUT2D eigenvalue weighted by molar-refractivity contribution is 7.89. The fourth-order valence-corrected chi connectivity index (χ4v) is 3.33. The van der Waals surface area contributed by atoms with Crippen LogP contribution in [-0.4, -0.2) is 30.1 Å². The van der Waals surface area contributed by atoms with Gasteiger partial charge in [0.15, 0.2) is 0 Å². The predicted molar refractivity (Wildman–Crippen MR) is 58.7 cm³/mol. The van der Waals surface area contributed by atoms with E-state index in [-0.39, 0.29) is 17.3 Å². The van der Waals surface area contributed by atoms with Crippen LogP contribution < -0.4 is 0 Å². The largest absolute Gasteiger partial charge is 0.216 e. The van der Waals surface area contributed by atoms with Gasteiger partial charge in [0.2, 0.25) is 10.0 Å².